The van der Waals surface area contributed by atoms with E-state index in [2.05, 4.69) is 16.5 Å². The summed E-state index contributed by atoms with van der Waals surface area (Å²) in [7, 11) is 0. The molecule has 0 spiro atoms. The van der Waals surface area contributed by atoms with Crippen LogP contribution < -0.4 is 11.3 Å². The largest absolute Gasteiger partial charge is 0.459 e. The number of benzene rings is 1. The highest BCUT2D eigenvalue weighted by molar-refractivity contribution is 5.77. The maximum absolute atomic E-state index is 5.85. The van der Waals surface area contributed by atoms with Crippen molar-refractivity contribution in [2.45, 2.75) is 18.9 Å². The lowest BCUT2D eigenvalue weighted by Gasteiger charge is -2.12. The molecule has 2 heterocycles. The summed E-state index contributed by atoms with van der Waals surface area (Å²) in [4.78, 5) is 4.12. The smallest absolute Gasteiger partial charge is 0.134 e. The molecule has 0 amide bonds. The van der Waals surface area contributed by atoms with Gasteiger partial charge in [0.25, 0.3) is 0 Å². The summed E-state index contributed by atoms with van der Waals surface area (Å²) in [5.41, 5.74) is 4.93. The van der Waals surface area contributed by atoms with Crippen molar-refractivity contribution in [1.29, 1.82) is 0 Å². The van der Waals surface area contributed by atoms with Crippen LogP contribution in [-0.2, 0) is 6.42 Å². The van der Waals surface area contributed by atoms with Gasteiger partial charge in [-0.1, -0.05) is 24.3 Å². The van der Waals surface area contributed by atoms with E-state index in [1.807, 2.05) is 42.6 Å². The lowest BCUT2D eigenvalue weighted by molar-refractivity contribution is 0.417. The van der Waals surface area contributed by atoms with Crippen molar-refractivity contribution in [3.63, 3.8) is 0 Å². The third-order valence-electron chi connectivity index (χ3n) is 3.43. The van der Waals surface area contributed by atoms with Gasteiger partial charge in [-0.15, -0.1) is 0 Å². The third kappa shape index (κ3) is 2.71. The van der Waals surface area contributed by atoms with Crippen LogP contribution in [0.1, 0.15) is 23.8 Å². The van der Waals surface area contributed by atoms with E-state index in [4.69, 9.17) is 10.3 Å². The number of nitrogens with one attached hydrogen (secondary N) is 1. The fourth-order valence-electron chi connectivity index (χ4n) is 2.34. The SMILES string of the molecule is NNC(CCc1cccnc1)c1cc2ccccc2o1. The molecule has 1 unspecified atom stereocenters. The predicted molar refractivity (Wildman–Crippen MR) is 78.8 cm³/mol. The first-order chi connectivity index (χ1) is 9.86. The molecule has 102 valence electrons. The number of hydrazine groups is 1. The summed E-state index contributed by atoms with van der Waals surface area (Å²) in [6.45, 7) is 0. The molecule has 0 saturated carbocycles. The summed E-state index contributed by atoms with van der Waals surface area (Å²) in [6, 6.07) is 14.0. The fraction of sp³-hybridized carbons (Fsp3) is 0.188. The average molecular weight is 267 g/mol. The van der Waals surface area contributed by atoms with Crippen molar-refractivity contribution in [2.24, 2.45) is 5.84 Å². The summed E-state index contributed by atoms with van der Waals surface area (Å²) in [5, 5.41) is 1.10. The van der Waals surface area contributed by atoms with Crippen molar-refractivity contribution in [1.82, 2.24) is 10.4 Å². The quantitative estimate of drug-likeness (QED) is 0.551. The Morgan fingerprint density at radius 2 is 2.10 bits per heavy atom. The molecule has 4 nitrogen and oxygen atoms in total. The molecule has 3 aromatic rings. The number of aryl methyl sites for hydroxylation is 1. The number of rotatable bonds is 5. The van der Waals surface area contributed by atoms with Gasteiger partial charge in [-0.25, -0.2) is 5.43 Å². The van der Waals surface area contributed by atoms with Crippen LogP contribution in [0.15, 0.2) is 59.3 Å². The zero-order valence-corrected chi connectivity index (χ0v) is 11.1. The molecule has 0 fully saturated rings. The topological polar surface area (TPSA) is 64.1 Å². The molecule has 0 aliphatic heterocycles. The summed E-state index contributed by atoms with van der Waals surface area (Å²) in [5.74, 6) is 6.54. The third-order valence-corrected chi connectivity index (χ3v) is 3.43. The zero-order chi connectivity index (χ0) is 13.8. The van der Waals surface area contributed by atoms with E-state index in [-0.39, 0.29) is 6.04 Å². The van der Waals surface area contributed by atoms with E-state index < -0.39 is 0 Å². The zero-order valence-electron chi connectivity index (χ0n) is 11.1. The highest BCUT2D eigenvalue weighted by Crippen LogP contribution is 2.26. The van der Waals surface area contributed by atoms with E-state index in [0.717, 1.165) is 29.6 Å². The Kier molecular flexibility index (Phi) is 3.76. The minimum Gasteiger partial charge on any atom is -0.459 e. The van der Waals surface area contributed by atoms with E-state index in [1.54, 1.807) is 6.20 Å². The Hall–Kier alpha value is -2.17. The Morgan fingerprint density at radius 3 is 2.85 bits per heavy atom. The van der Waals surface area contributed by atoms with Gasteiger partial charge in [-0.05, 0) is 36.6 Å². The maximum Gasteiger partial charge on any atom is 0.134 e. The number of fused-ring (bicyclic) bond motifs is 1. The molecule has 0 radical (unpaired) electrons. The molecule has 1 aromatic carbocycles. The number of hydrogen-bond acceptors (Lipinski definition) is 4. The Balaban J connectivity index is 1.75. The van der Waals surface area contributed by atoms with Crippen LogP contribution in [-0.4, -0.2) is 4.98 Å². The molecule has 0 aliphatic carbocycles. The lowest BCUT2D eigenvalue weighted by Crippen LogP contribution is -2.28. The molecule has 1 atom stereocenters. The van der Waals surface area contributed by atoms with E-state index in [0.29, 0.717) is 0 Å². The van der Waals surface area contributed by atoms with Crippen LogP contribution in [0.3, 0.4) is 0 Å². The lowest BCUT2D eigenvalue weighted by atomic mass is 10.1. The molecule has 3 N–H and O–H groups in total. The number of aromatic nitrogens is 1. The van der Waals surface area contributed by atoms with E-state index in [1.165, 1.54) is 5.56 Å². The number of hydrogen-bond donors (Lipinski definition) is 2. The normalized spacial score (nSPS) is 12.7. The van der Waals surface area contributed by atoms with Gasteiger partial charge in [0, 0.05) is 17.8 Å². The first kappa shape index (κ1) is 12.8. The van der Waals surface area contributed by atoms with Crippen molar-refractivity contribution < 1.29 is 4.42 Å². The number of para-hydroxylation sites is 1. The van der Waals surface area contributed by atoms with Crippen LogP contribution in [0.25, 0.3) is 11.0 Å². The van der Waals surface area contributed by atoms with Gasteiger partial charge in [0.2, 0.25) is 0 Å². The van der Waals surface area contributed by atoms with Crippen LogP contribution in [0.5, 0.6) is 0 Å². The highest BCUT2D eigenvalue weighted by Gasteiger charge is 2.14. The Morgan fingerprint density at radius 1 is 1.20 bits per heavy atom. The first-order valence-electron chi connectivity index (χ1n) is 6.70. The number of pyridine rings is 1. The molecule has 0 aliphatic rings. The van der Waals surface area contributed by atoms with Gasteiger partial charge in [-0.2, -0.15) is 0 Å². The van der Waals surface area contributed by atoms with Crippen molar-refractivity contribution >= 4 is 11.0 Å². The second kappa shape index (κ2) is 5.86. The fourth-order valence-corrected chi connectivity index (χ4v) is 2.34. The highest BCUT2D eigenvalue weighted by atomic mass is 16.3. The average Bonchev–Trinajstić information content (AvgIpc) is 2.92. The van der Waals surface area contributed by atoms with Gasteiger partial charge >= 0.3 is 0 Å². The van der Waals surface area contributed by atoms with Crippen molar-refractivity contribution in [2.75, 3.05) is 0 Å². The molecular formula is C16H17N3O. The van der Waals surface area contributed by atoms with Crippen LogP contribution in [0, 0.1) is 0 Å². The number of nitrogens with zero attached hydrogens (tertiary/aromatic N) is 1. The standard InChI is InChI=1S/C16H17N3O/c17-19-14(8-7-12-4-3-9-18-11-12)16-10-13-5-1-2-6-15(13)20-16/h1-6,9-11,14,19H,7-8,17H2. The molecule has 4 heteroatoms. The molecule has 3 rings (SSSR count). The molecule has 2 aromatic heterocycles. The van der Waals surface area contributed by atoms with Crippen molar-refractivity contribution in [3.8, 4) is 0 Å². The van der Waals surface area contributed by atoms with Crippen LogP contribution in [0.2, 0.25) is 0 Å². The molecular weight excluding hydrogens is 250 g/mol. The summed E-state index contributed by atoms with van der Waals surface area (Å²) < 4.78 is 5.85. The monoisotopic (exact) mass is 267 g/mol. The summed E-state index contributed by atoms with van der Waals surface area (Å²) >= 11 is 0. The Labute approximate surface area is 117 Å². The van der Waals surface area contributed by atoms with Crippen LogP contribution >= 0.6 is 0 Å². The Bertz CT molecular complexity index is 645. The maximum atomic E-state index is 5.85. The number of nitrogens with two attached hydrogens (primary N) is 1. The first-order valence-corrected chi connectivity index (χ1v) is 6.70. The van der Waals surface area contributed by atoms with Gasteiger partial charge < -0.3 is 4.42 Å². The molecule has 0 saturated heterocycles. The van der Waals surface area contributed by atoms with Crippen molar-refractivity contribution in [3.05, 3.63) is 66.2 Å². The summed E-state index contributed by atoms with van der Waals surface area (Å²) in [6.07, 6.45) is 5.43. The van der Waals surface area contributed by atoms with Crippen LogP contribution in [0.4, 0.5) is 0 Å². The van der Waals surface area contributed by atoms with Gasteiger partial charge in [-0.3, -0.25) is 10.8 Å². The van der Waals surface area contributed by atoms with Gasteiger partial charge in [0.05, 0.1) is 6.04 Å². The van der Waals surface area contributed by atoms with E-state index >= 15 is 0 Å². The van der Waals surface area contributed by atoms with E-state index in [9.17, 15) is 0 Å². The van der Waals surface area contributed by atoms with Gasteiger partial charge in [0.15, 0.2) is 0 Å². The molecule has 20 heavy (non-hydrogen) atoms. The second-order valence-electron chi connectivity index (χ2n) is 4.81. The second-order valence-corrected chi connectivity index (χ2v) is 4.81. The predicted octanol–water partition coefficient (Wildman–Crippen LogP) is 2.97. The minimum atomic E-state index is 0.00241. The molecule has 0 bridgehead atoms. The minimum absolute atomic E-state index is 0.00241. The number of furan rings is 1. The van der Waals surface area contributed by atoms with Gasteiger partial charge in [0.1, 0.15) is 11.3 Å².